The summed E-state index contributed by atoms with van der Waals surface area (Å²) in [5.74, 6) is 0.564. The van der Waals surface area contributed by atoms with Crippen LogP contribution in [0.15, 0.2) is 23.5 Å². The maximum absolute atomic E-state index is 4.02. The summed E-state index contributed by atoms with van der Waals surface area (Å²) < 4.78 is 0. The van der Waals surface area contributed by atoms with Gasteiger partial charge < -0.3 is 5.32 Å². The lowest BCUT2D eigenvalue weighted by Gasteiger charge is -2.03. The van der Waals surface area contributed by atoms with Crippen LogP contribution in [-0.4, -0.2) is 17.6 Å². The summed E-state index contributed by atoms with van der Waals surface area (Å²) in [7, 11) is 0. The van der Waals surface area contributed by atoms with Crippen LogP contribution in [0.5, 0.6) is 0 Å². The molecule has 58 valence electrons. The number of pyridine rings is 1. The Kier molecular flexibility index (Phi) is 2.92. The summed E-state index contributed by atoms with van der Waals surface area (Å²) in [6.45, 7) is 3.43. The lowest BCUT2D eigenvalue weighted by Crippen LogP contribution is -1.94. The van der Waals surface area contributed by atoms with Gasteiger partial charge in [0.15, 0.2) is 0 Å². The number of nitrogens with one attached hydrogen (secondary N) is 1. The van der Waals surface area contributed by atoms with Crippen molar-refractivity contribution in [1.82, 2.24) is 4.98 Å². The molecule has 1 aromatic rings. The van der Waals surface area contributed by atoms with Gasteiger partial charge in [0.1, 0.15) is 0 Å². The quantitative estimate of drug-likeness (QED) is 0.408. The summed E-state index contributed by atoms with van der Waals surface area (Å²) in [5, 5.41) is 2.99. The monoisotopic (exact) mass is 167 g/mol. The first-order valence-corrected chi connectivity index (χ1v) is 3.77. The number of thiol groups is 1. The molecule has 0 saturated carbocycles. The van der Waals surface area contributed by atoms with E-state index < -0.39 is 0 Å². The molecule has 3 nitrogen and oxygen atoms in total. The molecule has 0 aliphatic rings. The van der Waals surface area contributed by atoms with Crippen molar-refractivity contribution in [3.05, 3.63) is 18.5 Å². The average Bonchev–Trinajstić information content (AvgIpc) is 2.06. The van der Waals surface area contributed by atoms with E-state index in [1.54, 1.807) is 18.5 Å². The Bertz CT molecular complexity index is 249. The van der Waals surface area contributed by atoms with Crippen LogP contribution in [0, 0.1) is 0 Å². The molecule has 0 aliphatic heterocycles. The second-order valence-electron chi connectivity index (χ2n) is 1.89. The van der Waals surface area contributed by atoms with E-state index in [2.05, 4.69) is 34.6 Å². The maximum atomic E-state index is 4.02. The molecule has 0 radical (unpaired) electrons. The summed E-state index contributed by atoms with van der Waals surface area (Å²) in [4.78, 5) is 7.73. The topological polar surface area (TPSA) is 37.3 Å². The van der Waals surface area contributed by atoms with Gasteiger partial charge in [0.25, 0.3) is 0 Å². The Morgan fingerprint density at radius 2 is 2.55 bits per heavy atom. The Morgan fingerprint density at radius 1 is 1.73 bits per heavy atom. The number of hydrogen-bond acceptors (Lipinski definition) is 4. The summed E-state index contributed by atoms with van der Waals surface area (Å²) >= 11 is 4.02. The van der Waals surface area contributed by atoms with E-state index in [-0.39, 0.29) is 0 Å². The number of aliphatic imine (C=N–C) groups is 1. The van der Waals surface area contributed by atoms with Gasteiger partial charge in [0, 0.05) is 6.20 Å². The number of anilines is 1. The third kappa shape index (κ3) is 1.94. The fourth-order valence-corrected chi connectivity index (χ4v) is 0.917. The van der Waals surface area contributed by atoms with Crippen molar-refractivity contribution < 1.29 is 0 Å². The summed E-state index contributed by atoms with van der Waals surface area (Å²) in [6.07, 6.45) is 3.37. The van der Waals surface area contributed by atoms with Crippen molar-refractivity contribution in [2.45, 2.75) is 0 Å². The minimum Gasteiger partial charge on any atom is -0.373 e. The predicted molar refractivity (Wildman–Crippen MR) is 50.9 cm³/mol. The molecular formula is C7H9N3S. The molecule has 0 amide bonds. The summed E-state index contributed by atoms with van der Waals surface area (Å²) in [6, 6.07) is 1.79. The Morgan fingerprint density at radius 3 is 3.18 bits per heavy atom. The van der Waals surface area contributed by atoms with Gasteiger partial charge in [-0.05, 0) is 12.8 Å². The van der Waals surface area contributed by atoms with Gasteiger partial charge in [0.05, 0.1) is 23.4 Å². The molecule has 0 fully saturated rings. The van der Waals surface area contributed by atoms with E-state index >= 15 is 0 Å². The van der Waals surface area contributed by atoms with Crippen LogP contribution in [0.25, 0.3) is 0 Å². The third-order valence-corrected chi connectivity index (χ3v) is 1.40. The van der Waals surface area contributed by atoms with Crippen molar-refractivity contribution in [3.63, 3.8) is 0 Å². The molecule has 1 aromatic heterocycles. The van der Waals surface area contributed by atoms with Gasteiger partial charge in [0.2, 0.25) is 0 Å². The van der Waals surface area contributed by atoms with Crippen molar-refractivity contribution in [2.24, 2.45) is 4.99 Å². The first-order valence-electron chi connectivity index (χ1n) is 3.14. The van der Waals surface area contributed by atoms with E-state index in [9.17, 15) is 0 Å². The van der Waals surface area contributed by atoms with Crippen LogP contribution in [-0.2, 0) is 0 Å². The van der Waals surface area contributed by atoms with Crippen LogP contribution < -0.4 is 5.32 Å². The zero-order valence-electron chi connectivity index (χ0n) is 5.99. The highest BCUT2D eigenvalue weighted by Crippen LogP contribution is 2.21. The van der Waals surface area contributed by atoms with Crippen molar-refractivity contribution in [2.75, 3.05) is 11.2 Å². The van der Waals surface area contributed by atoms with Gasteiger partial charge in [-0.15, -0.1) is 0 Å². The van der Waals surface area contributed by atoms with E-state index in [4.69, 9.17) is 0 Å². The number of nitrogens with zero attached hydrogens (tertiary/aromatic N) is 2. The van der Waals surface area contributed by atoms with Crippen molar-refractivity contribution >= 4 is 30.7 Å². The second kappa shape index (κ2) is 3.98. The normalized spacial score (nSPS) is 9.18. The SMILES string of the molecule is C=Nc1ccncc1NCS. The van der Waals surface area contributed by atoms with Gasteiger partial charge in [-0.25, -0.2) is 0 Å². The molecule has 0 aromatic carbocycles. The zero-order chi connectivity index (χ0) is 8.10. The number of aromatic nitrogens is 1. The van der Waals surface area contributed by atoms with Crippen LogP contribution in [0.1, 0.15) is 0 Å². The van der Waals surface area contributed by atoms with Gasteiger partial charge in [-0.3, -0.25) is 9.98 Å². The van der Waals surface area contributed by atoms with E-state index in [0.717, 1.165) is 11.4 Å². The van der Waals surface area contributed by atoms with Gasteiger partial charge in [-0.2, -0.15) is 12.6 Å². The molecule has 0 aliphatic carbocycles. The van der Waals surface area contributed by atoms with E-state index in [0.29, 0.717) is 5.88 Å². The molecule has 0 saturated heterocycles. The highest BCUT2D eigenvalue weighted by Gasteiger charge is 1.95. The molecule has 1 heterocycles. The number of rotatable bonds is 3. The lowest BCUT2D eigenvalue weighted by atomic mass is 10.3. The fourth-order valence-electron chi connectivity index (χ4n) is 0.746. The maximum Gasteiger partial charge on any atom is 0.0885 e. The predicted octanol–water partition coefficient (Wildman–Crippen LogP) is 1.71. The molecule has 11 heavy (non-hydrogen) atoms. The smallest absolute Gasteiger partial charge is 0.0885 e. The number of hydrogen-bond donors (Lipinski definition) is 2. The van der Waals surface area contributed by atoms with Crippen LogP contribution in [0.2, 0.25) is 0 Å². The van der Waals surface area contributed by atoms with Crippen LogP contribution in [0.3, 0.4) is 0 Å². The van der Waals surface area contributed by atoms with Crippen molar-refractivity contribution in [3.8, 4) is 0 Å². The van der Waals surface area contributed by atoms with Crippen LogP contribution in [0.4, 0.5) is 11.4 Å². The van der Waals surface area contributed by atoms with E-state index in [1.807, 2.05) is 0 Å². The zero-order valence-corrected chi connectivity index (χ0v) is 6.88. The molecular weight excluding hydrogens is 158 g/mol. The van der Waals surface area contributed by atoms with Crippen LogP contribution >= 0.6 is 12.6 Å². The minimum absolute atomic E-state index is 0.564. The molecule has 4 heteroatoms. The Labute approximate surface area is 71.0 Å². The highest BCUT2D eigenvalue weighted by molar-refractivity contribution is 7.80. The molecule has 0 bridgehead atoms. The van der Waals surface area contributed by atoms with E-state index in [1.165, 1.54) is 0 Å². The molecule has 0 spiro atoms. The standard InChI is InChI=1S/C7H9N3S/c1-8-6-2-3-9-4-7(6)10-5-11/h2-4,10-11H,1,5H2. The fraction of sp³-hybridized carbons (Fsp3) is 0.143. The molecule has 0 unspecified atom stereocenters. The molecule has 1 rings (SSSR count). The third-order valence-electron chi connectivity index (χ3n) is 1.24. The van der Waals surface area contributed by atoms with Crippen molar-refractivity contribution in [1.29, 1.82) is 0 Å². The van der Waals surface area contributed by atoms with Gasteiger partial charge in [-0.1, -0.05) is 0 Å². The largest absolute Gasteiger partial charge is 0.373 e. The Balaban J connectivity index is 2.92. The first kappa shape index (κ1) is 8.07. The molecule has 0 atom stereocenters. The first-order chi connectivity index (χ1) is 5.38. The summed E-state index contributed by atoms with van der Waals surface area (Å²) in [5.41, 5.74) is 1.66. The lowest BCUT2D eigenvalue weighted by molar-refractivity contribution is 1.29. The Hall–Kier alpha value is -1.03. The minimum atomic E-state index is 0.564. The average molecular weight is 167 g/mol. The highest BCUT2D eigenvalue weighted by atomic mass is 32.1. The second-order valence-corrected chi connectivity index (χ2v) is 2.20. The van der Waals surface area contributed by atoms with Gasteiger partial charge >= 0.3 is 0 Å². The molecule has 1 N–H and O–H groups in total.